The summed E-state index contributed by atoms with van der Waals surface area (Å²) in [5, 5.41) is 52.5. The number of phenols is 1. The first-order chi connectivity index (χ1) is 29.8. The van der Waals surface area contributed by atoms with E-state index in [-0.39, 0.29) is 37.5 Å². The second-order valence-corrected chi connectivity index (χ2v) is 15.1. The molecule has 356 valence electrons. The number of aromatic hydroxyl groups is 1. The van der Waals surface area contributed by atoms with Crippen LogP contribution < -0.4 is 60.6 Å². The molecule has 8 atom stereocenters. The number of nitrogens with two attached hydrogens (primary N) is 5. The molecule has 0 saturated carbocycles. The molecule has 0 spiro atoms. The Hall–Kier alpha value is -7.09. The van der Waals surface area contributed by atoms with Gasteiger partial charge < -0.3 is 81.0 Å². The van der Waals surface area contributed by atoms with Crippen LogP contribution in [0.5, 0.6) is 5.75 Å². The van der Waals surface area contributed by atoms with Gasteiger partial charge in [-0.15, -0.1) is 0 Å². The van der Waals surface area contributed by atoms with E-state index in [1.165, 1.54) is 45.0 Å². The van der Waals surface area contributed by atoms with Gasteiger partial charge in [-0.25, -0.2) is 4.79 Å². The highest BCUT2D eigenvalue weighted by Gasteiger charge is 2.35. The van der Waals surface area contributed by atoms with Gasteiger partial charge in [-0.3, -0.25) is 48.1 Å². The van der Waals surface area contributed by atoms with Crippen LogP contribution in [0.15, 0.2) is 29.3 Å². The number of aliphatic hydroxyl groups excluding tert-OH is 1. The highest BCUT2D eigenvalue weighted by molar-refractivity contribution is 5.98. The SMILES string of the molecule is CC(C)[C@H](NC(=O)[C@@H](N)[C@@H](C)O)C(=O)N[C@@H](CC(N)=O)C(=O)N[C@@H](Cc1ccc(O)cc1)C(=O)N[C@@H](CCC(N)=O)C(=O)N[C@@H](CCC(=O)O)C(=O)N[C@@H](CCCN=C(N)N)C(=O)O. The summed E-state index contributed by atoms with van der Waals surface area (Å²) in [6, 6.07) is -5.90. The summed E-state index contributed by atoms with van der Waals surface area (Å²) in [5.41, 5.74) is 27.3. The van der Waals surface area contributed by atoms with Crippen molar-refractivity contribution in [3.05, 3.63) is 29.8 Å². The summed E-state index contributed by atoms with van der Waals surface area (Å²) >= 11 is 0. The van der Waals surface area contributed by atoms with Crippen molar-refractivity contribution in [1.29, 1.82) is 0 Å². The molecule has 26 nitrogen and oxygen atoms in total. The number of hydrogen-bond acceptors (Lipinski definition) is 14. The summed E-state index contributed by atoms with van der Waals surface area (Å²) in [5.74, 6) is -12.4. The lowest BCUT2D eigenvalue weighted by Gasteiger charge is -2.28. The number of amides is 8. The third-order valence-corrected chi connectivity index (χ3v) is 9.27. The number of carbonyl (C=O) groups is 10. The molecule has 0 heterocycles. The Labute approximate surface area is 367 Å². The maximum Gasteiger partial charge on any atom is 0.326 e. The number of carboxylic acid groups (broad SMARTS) is 2. The van der Waals surface area contributed by atoms with Gasteiger partial charge in [-0.05, 0) is 56.2 Å². The number of benzene rings is 1. The monoisotopic (exact) mass is 908 g/mol. The molecule has 1 rings (SSSR count). The van der Waals surface area contributed by atoms with Crippen LogP contribution in [-0.2, 0) is 54.4 Å². The van der Waals surface area contributed by atoms with E-state index in [9.17, 15) is 68.4 Å². The number of carbonyl (C=O) groups excluding carboxylic acids is 8. The summed E-state index contributed by atoms with van der Waals surface area (Å²) in [7, 11) is 0. The fourth-order valence-corrected chi connectivity index (χ4v) is 5.69. The molecule has 26 heteroatoms. The van der Waals surface area contributed by atoms with E-state index in [2.05, 4.69) is 36.9 Å². The van der Waals surface area contributed by atoms with Crippen molar-refractivity contribution in [2.45, 2.75) is 121 Å². The summed E-state index contributed by atoms with van der Waals surface area (Å²) in [4.78, 5) is 132. The summed E-state index contributed by atoms with van der Waals surface area (Å²) in [6.07, 6.45) is -4.87. The highest BCUT2D eigenvalue weighted by atomic mass is 16.4. The first-order valence-electron chi connectivity index (χ1n) is 19.9. The number of hydrogen-bond donors (Lipinski definition) is 15. The van der Waals surface area contributed by atoms with Gasteiger partial charge >= 0.3 is 11.9 Å². The number of aliphatic carboxylic acids is 2. The number of guanidine groups is 1. The van der Waals surface area contributed by atoms with Crippen LogP contribution in [0.25, 0.3) is 0 Å². The van der Waals surface area contributed by atoms with Gasteiger partial charge in [0.25, 0.3) is 0 Å². The Morgan fingerprint density at radius 2 is 1.09 bits per heavy atom. The number of nitrogens with zero attached hydrogens (tertiary/aromatic N) is 1. The number of primary amides is 2. The molecular formula is C38H60N12O14. The number of phenolic OH excluding ortho intramolecular Hbond substituents is 1. The van der Waals surface area contributed by atoms with Gasteiger partial charge in [0.2, 0.25) is 47.3 Å². The van der Waals surface area contributed by atoms with Crippen LogP contribution in [0.3, 0.4) is 0 Å². The Kier molecular flexibility index (Phi) is 23.2. The number of aliphatic imine (C=N–C) groups is 1. The molecular weight excluding hydrogens is 848 g/mol. The minimum atomic E-state index is -1.77. The van der Waals surface area contributed by atoms with Crippen LogP contribution in [0.1, 0.15) is 71.3 Å². The molecule has 0 aromatic heterocycles. The van der Waals surface area contributed by atoms with E-state index >= 15 is 0 Å². The third kappa shape index (κ3) is 20.6. The van der Waals surface area contributed by atoms with Crippen molar-refractivity contribution >= 4 is 65.2 Å². The fourth-order valence-electron chi connectivity index (χ4n) is 5.69. The molecule has 0 unspecified atom stereocenters. The normalized spacial score (nSPS) is 14.7. The van der Waals surface area contributed by atoms with Gasteiger partial charge in [0.15, 0.2) is 5.96 Å². The van der Waals surface area contributed by atoms with Crippen LogP contribution in [0, 0.1) is 5.92 Å². The minimum Gasteiger partial charge on any atom is -0.508 e. The first-order valence-corrected chi connectivity index (χ1v) is 19.9. The quantitative estimate of drug-likeness (QED) is 0.0202. The molecule has 0 fully saturated rings. The largest absolute Gasteiger partial charge is 0.508 e. The average molecular weight is 909 g/mol. The standard InChI is InChI=1S/C38H60N12O14/c1-17(2)30(50-35(61)29(41)18(3)51)36(62)49-25(16-27(40)54)34(60)48-24(15-19-6-8-20(52)9-7-19)33(59)46-21(10-12-26(39)53)31(57)45-22(11-13-28(55)56)32(58)47-23(37(63)64)5-4-14-44-38(42)43/h6-9,17-18,21-25,29-30,51-52H,4-5,10-16,41H2,1-3H3,(H2,39,53)(H2,40,54)(H,45,57)(H,46,59)(H,47,58)(H,48,60)(H,49,62)(H,50,61)(H,55,56)(H,63,64)(H4,42,43,44)/t18-,21+,22+,23+,24+,25+,29+,30+/m1/s1. The molecule has 0 aliphatic carbocycles. The van der Waals surface area contributed by atoms with Crippen molar-refractivity contribution in [3.63, 3.8) is 0 Å². The molecule has 8 amide bonds. The number of aliphatic hydroxyl groups is 1. The van der Waals surface area contributed by atoms with E-state index in [0.29, 0.717) is 5.56 Å². The average Bonchev–Trinajstić information content (AvgIpc) is 3.19. The minimum absolute atomic E-state index is 0.0103. The van der Waals surface area contributed by atoms with E-state index < -0.39 is 146 Å². The van der Waals surface area contributed by atoms with E-state index in [0.717, 1.165) is 0 Å². The van der Waals surface area contributed by atoms with Crippen molar-refractivity contribution < 1.29 is 68.4 Å². The lowest BCUT2D eigenvalue weighted by Crippen LogP contribution is -2.61. The lowest BCUT2D eigenvalue weighted by molar-refractivity contribution is -0.143. The fraction of sp³-hybridized carbons (Fsp3) is 0.553. The molecule has 1 aromatic carbocycles. The third-order valence-electron chi connectivity index (χ3n) is 9.27. The topological polar surface area (TPSA) is 466 Å². The van der Waals surface area contributed by atoms with Gasteiger partial charge in [0.1, 0.15) is 48.0 Å². The Balaban J connectivity index is 3.55. The molecule has 64 heavy (non-hydrogen) atoms. The molecule has 0 aliphatic rings. The van der Waals surface area contributed by atoms with Crippen molar-refractivity contribution in [1.82, 2.24) is 31.9 Å². The van der Waals surface area contributed by atoms with Crippen LogP contribution in [0.4, 0.5) is 0 Å². The smallest absolute Gasteiger partial charge is 0.326 e. The Morgan fingerprint density at radius 1 is 0.609 bits per heavy atom. The molecule has 0 saturated heterocycles. The zero-order valence-electron chi connectivity index (χ0n) is 35.6. The summed E-state index contributed by atoms with van der Waals surface area (Å²) < 4.78 is 0. The molecule has 20 N–H and O–H groups in total. The zero-order chi connectivity index (χ0) is 48.8. The summed E-state index contributed by atoms with van der Waals surface area (Å²) in [6.45, 7) is 4.34. The second kappa shape index (κ2) is 27.1. The Bertz CT molecular complexity index is 1860. The first kappa shape index (κ1) is 54.9. The van der Waals surface area contributed by atoms with Crippen LogP contribution in [0.2, 0.25) is 0 Å². The number of nitrogens with one attached hydrogen (secondary N) is 6. The van der Waals surface area contributed by atoms with E-state index in [1.54, 1.807) is 0 Å². The van der Waals surface area contributed by atoms with Crippen molar-refractivity contribution in [2.75, 3.05) is 6.54 Å². The number of rotatable bonds is 29. The lowest BCUT2D eigenvalue weighted by atomic mass is 10.0. The van der Waals surface area contributed by atoms with Gasteiger partial charge in [-0.1, -0.05) is 26.0 Å². The highest BCUT2D eigenvalue weighted by Crippen LogP contribution is 2.13. The second-order valence-electron chi connectivity index (χ2n) is 15.1. The predicted molar refractivity (Wildman–Crippen MR) is 225 cm³/mol. The van der Waals surface area contributed by atoms with Crippen LogP contribution in [-0.4, -0.2) is 141 Å². The van der Waals surface area contributed by atoms with Crippen LogP contribution >= 0.6 is 0 Å². The predicted octanol–water partition coefficient (Wildman–Crippen LogP) is -5.65. The molecule has 0 bridgehead atoms. The maximum atomic E-state index is 14.1. The van der Waals surface area contributed by atoms with Crippen molar-refractivity contribution in [3.8, 4) is 5.75 Å². The zero-order valence-corrected chi connectivity index (χ0v) is 35.6. The van der Waals surface area contributed by atoms with Crippen molar-refractivity contribution in [2.24, 2.45) is 39.6 Å². The number of carboxylic acids is 2. The maximum absolute atomic E-state index is 14.1. The van der Waals surface area contributed by atoms with E-state index in [1.807, 2.05) is 0 Å². The Morgan fingerprint density at radius 3 is 1.56 bits per heavy atom. The molecule has 0 aliphatic heterocycles. The van der Waals surface area contributed by atoms with Gasteiger partial charge in [-0.2, -0.15) is 0 Å². The molecule has 0 radical (unpaired) electrons. The van der Waals surface area contributed by atoms with E-state index in [4.69, 9.17) is 28.7 Å². The van der Waals surface area contributed by atoms with Gasteiger partial charge in [0.05, 0.1) is 12.5 Å². The molecule has 1 aromatic rings. The van der Waals surface area contributed by atoms with Gasteiger partial charge in [0, 0.05) is 25.8 Å².